The Kier molecular flexibility index (Phi) is 8.61. The fourth-order valence-electron chi connectivity index (χ4n) is 2.44. The number of hydrogen-bond acceptors (Lipinski definition) is 4. The molecule has 3 N–H and O–H groups in total. The minimum Gasteiger partial charge on any atom is -0.493 e. The van der Waals surface area contributed by atoms with Gasteiger partial charge in [-0.25, -0.2) is 0 Å². The standard InChI is InChI=1S/C17H27N3O3.HI/c1-4-18-16(19-12-17(21)9-6-10-17)20-13-7-8-14(22-3)15(11-13)23-5-2;/h7-8,11,21H,4-6,9-10,12H2,1-3H3,(H2,18,19,20);1H. The lowest BCUT2D eigenvalue weighted by atomic mass is 9.80. The van der Waals surface area contributed by atoms with Crippen LogP contribution in [0.1, 0.15) is 33.1 Å². The van der Waals surface area contributed by atoms with Crippen molar-refractivity contribution < 1.29 is 14.6 Å². The summed E-state index contributed by atoms with van der Waals surface area (Å²) in [6, 6.07) is 5.65. The maximum Gasteiger partial charge on any atom is 0.195 e. The van der Waals surface area contributed by atoms with Crippen LogP contribution in [0.5, 0.6) is 11.5 Å². The van der Waals surface area contributed by atoms with E-state index in [2.05, 4.69) is 15.6 Å². The average molecular weight is 449 g/mol. The molecule has 1 aromatic carbocycles. The SMILES string of the molecule is CCNC(=NCC1(O)CCC1)Nc1ccc(OC)c(OCC)c1.I. The molecule has 0 saturated heterocycles. The third kappa shape index (κ3) is 5.70. The van der Waals surface area contributed by atoms with Gasteiger partial charge in [0.1, 0.15) is 0 Å². The smallest absolute Gasteiger partial charge is 0.195 e. The molecule has 136 valence electrons. The molecular formula is C17H28IN3O3. The van der Waals surface area contributed by atoms with E-state index in [1.54, 1.807) is 7.11 Å². The van der Waals surface area contributed by atoms with Crippen molar-refractivity contribution >= 4 is 35.6 Å². The number of halogens is 1. The molecule has 24 heavy (non-hydrogen) atoms. The summed E-state index contributed by atoms with van der Waals surface area (Å²) in [5.41, 5.74) is 0.230. The molecule has 1 saturated carbocycles. The van der Waals surface area contributed by atoms with Crippen molar-refractivity contribution in [3.63, 3.8) is 0 Å². The molecule has 0 spiro atoms. The highest BCUT2D eigenvalue weighted by Gasteiger charge is 2.34. The maximum atomic E-state index is 10.2. The van der Waals surface area contributed by atoms with Gasteiger partial charge in [0.25, 0.3) is 0 Å². The van der Waals surface area contributed by atoms with Crippen molar-refractivity contribution in [3.8, 4) is 11.5 Å². The summed E-state index contributed by atoms with van der Waals surface area (Å²) in [6.45, 7) is 5.68. The van der Waals surface area contributed by atoms with Crippen LogP contribution >= 0.6 is 24.0 Å². The van der Waals surface area contributed by atoms with Crippen molar-refractivity contribution in [3.05, 3.63) is 18.2 Å². The van der Waals surface area contributed by atoms with Gasteiger partial charge in [0.2, 0.25) is 0 Å². The van der Waals surface area contributed by atoms with Gasteiger partial charge in [-0.2, -0.15) is 0 Å². The number of anilines is 1. The van der Waals surface area contributed by atoms with Gasteiger partial charge in [-0.3, -0.25) is 4.99 Å². The third-order valence-electron chi connectivity index (χ3n) is 3.89. The van der Waals surface area contributed by atoms with Gasteiger partial charge in [-0.15, -0.1) is 24.0 Å². The van der Waals surface area contributed by atoms with Crippen LogP contribution < -0.4 is 20.1 Å². The van der Waals surface area contributed by atoms with Gasteiger partial charge in [-0.1, -0.05) is 0 Å². The molecule has 0 aliphatic heterocycles. The van der Waals surface area contributed by atoms with Crippen molar-refractivity contribution in [2.24, 2.45) is 4.99 Å². The predicted octanol–water partition coefficient (Wildman–Crippen LogP) is 3.00. The van der Waals surface area contributed by atoms with E-state index in [1.165, 1.54) is 0 Å². The van der Waals surface area contributed by atoms with Crippen LogP contribution in [0.15, 0.2) is 23.2 Å². The van der Waals surface area contributed by atoms with Gasteiger partial charge in [0.15, 0.2) is 17.5 Å². The van der Waals surface area contributed by atoms with Crippen LogP contribution in [-0.2, 0) is 0 Å². The van der Waals surface area contributed by atoms with Gasteiger partial charge >= 0.3 is 0 Å². The lowest BCUT2D eigenvalue weighted by Crippen LogP contribution is -2.41. The predicted molar refractivity (Wildman–Crippen MR) is 108 cm³/mol. The monoisotopic (exact) mass is 449 g/mol. The number of guanidine groups is 1. The Labute approximate surface area is 161 Å². The normalized spacial score (nSPS) is 15.8. The number of methoxy groups -OCH3 is 1. The molecule has 1 fully saturated rings. The summed E-state index contributed by atoms with van der Waals surface area (Å²) < 4.78 is 10.9. The van der Waals surface area contributed by atoms with E-state index in [1.807, 2.05) is 32.0 Å². The molecular weight excluding hydrogens is 421 g/mol. The molecule has 1 aromatic rings. The second kappa shape index (κ2) is 9.93. The second-order valence-corrected chi connectivity index (χ2v) is 5.70. The number of aliphatic imine (C=N–C) groups is 1. The van der Waals surface area contributed by atoms with E-state index < -0.39 is 5.60 Å². The number of aliphatic hydroxyl groups is 1. The highest BCUT2D eigenvalue weighted by molar-refractivity contribution is 14.0. The Morgan fingerprint density at radius 2 is 2.04 bits per heavy atom. The molecule has 0 atom stereocenters. The fraction of sp³-hybridized carbons (Fsp3) is 0.588. The van der Waals surface area contributed by atoms with Gasteiger partial charge in [0.05, 0.1) is 25.9 Å². The fourth-order valence-corrected chi connectivity index (χ4v) is 2.44. The van der Waals surface area contributed by atoms with E-state index in [0.717, 1.165) is 31.5 Å². The first-order valence-corrected chi connectivity index (χ1v) is 8.19. The van der Waals surface area contributed by atoms with Crippen molar-refractivity contribution in [2.45, 2.75) is 38.7 Å². The molecule has 0 bridgehead atoms. The molecule has 0 amide bonds. The zero-order valence-corrected chi connectivity index (χ0v) is 16.9. The quantitative estimate of drug-likeness (QED) is 0.339. The summed E-state index contributed by atoms with van der Waals surface area (Å²) >= 11 is 0. The third-order valence-corrected chi connectivity index (χ3v) is 3.89. The zero-order chi connectivity index (χ0) is 16.7. The number of rotatable bonds is 7. The first-order valence-electron chi connectivity index (χ1n) is 8.19. The number of benzene rings is 1. The Bertz CT molecular complexity index is 548. The molecule has 0 aromatic heterocycles. The summed E-state index contributed by atoms with van der Waals surface area (Å²) in [4.78, 5) is 4.49. The van der Waals surface area contributed by atoms with Crippen LogP contribution in [0, 0.1) is 0 Å². The minimum atomic E-state index is -0.626. The van der Waals surface area contributed by atoms with E-state index in [9.17, 15) is 5.11 Å². The lowest BCUT2D eigenvalue weighted by Gasteiger charge is -2.35. The highest BCUT2D eigenvalue weighted by atomic mass is 127. The molecule has 1 aliphatic rings. The number of nitrogens with one attached hydrogen (secondary N) is 2. The molecule has 0 radical (unpaired) electrons. The summed E-state index contributed by atoms with van der Waals surface area (Å²) in [5, 5.41) is 16.6. The highest BCUT2D eigenvalue weighted by Crippen LogP contribution is 2.32. The van der Waals surface area contributed by atoms with Crippen molar-refractivity contribution in [1.29, 1.82) is 0 Å². The Hall–Kier alpha value is -1.22. The van der Waals surface area contributed by atoms with Crippen molar-refractivity contribution in [2.75, 3.05) is 32.1 Å². The summed E-state index contributed by atoms with van der Waals surface area (Å²) in [5.74, 6) is 2.04. The molecule has 2 rings (SSSR count). The largest absolute Gasteiger partial charge is 0.493 e. The van der Waals surface area contributed by atoms with Crippen LogP contribution in [0.3, 0.4) is 0 Å². The van der Waals surface area contributed by atoms with E-state index in [-0.39, 0.29) is 24.0 Å². The molecule has 1 aliphatic carbocycles. The number of hydrogen-bond donors (Lipinski definition) is 3. The van der Waals surface area contributed by atoms with E-state index >= 15 is 0 Å². The Morgan fingerprint density at radius 3 is 2.58 bits per heavy atom. The summed E-state index contributed by atoms with van der Waals surface area (Å²) in [7, 11) is 1.62. The van der Waals surface area contributed by atoms with Gasteiger partial charge in [0, 0.05) is 18.3 Å². The first-order chi connectivity index (χ1) is 11.1. The van der Waals surface area contributed by atoms with Crippen LogP contribution in [0.25, 0.3) is 0 Å². The topological polar surface area (TPSA) is 75.1 Å². The molecule has 0 heterocycles. The Balaban J connectivity index is 0.00000288. The Morgan fingerprint density at radius 1 is 1.29 bits per heavy atom. The molecule has 6 nitrogen and oxygen atoms in total. The lowest BCUT2D eigenvalue weighted by molar-refractivity contribution is -0.0235. The molecule has 0 unspecified atom stereocenters. The van der Waals surface area contributed by atoms with E-state index in [4.69, 9.17) is 9.47 Å². The maximum absolute atomic E-state index is 10.2. The van der Waals surface area contributed by atoms with Gasteiger partial charge in [-0.05, 0) is 45.2 Å². The van der Waals surface area contributed by atoms with Crippen molar-refractivity contribution in [1.82, 2.24) is 5.32 Å². The van der Waals surface area contributed by atoms with Crippen LogP contribution in [0.4, 0.5) is 5.69 Å². The van der Waals surface area contributed by atoms with E-state index in [0.29, 0.717) is 30.6 Å². The number of nitrogens with zero attached hydrogens (tertiary/aromatic N) is 1. The first kappa shape index (κ1) is 20.8. The summed E-state index contributed by atoms with van der Waals surface area (Å²) in [6.07, 6.45) is 2.73. The van der Waals surface area contributed by atoms with Crippen LogP contribution in [0.2, 0.25) is 0 Å². The second-order valence-electron chi connectivity index (χ2n) is 5.70. The number of ether oxygens (including phenoxy) is 2. The van der Waals surface area contributed by atoms with Crippen LogP contribution in [-0.4, -0.2) is 43.5 Å². The minimum absolute atomic E-state index is 0. The molecule has 7 heteroatoms. The average Bonchev–Trinajstić information content (AvgIpc) is 2.52. The van der Waals surface area contributed by atoms with Gasteiger partial charge < -0.3 is 25.2 Å². The zero-order valence-electron chi connectivity index (χ0n) is 14.6.